The molecule has 1 aromatic carbocycles. The van der Waals surface area contributed by atoms with Crippen molar-refractivity contribution in [3.63, 3.8) is 0 Å². The van der Waals surface area contributed by atoms with Crippen molar-refractivity contribution in [1.29, 1.82) is 0 Å². The van der Waals surface area contributed by atoms with Crippen molar-refractivity contribution < 1.29 is 14.2 Å². The lowest BCUT2D eigenvalue weighted by Crippen LogP contribution is -2.34. The molecule has 0 bridgehead atoms. The summed E-state index contributed by atoms with van der Waals surface area (Å²) in [4.78, 5) is 17.9. The zero-order chi connectivity index (χ0) is 21.6. The third-order valence-electron chi connectivity index (χ3n) is 5.49. The standard InChI is InChI=1S/C21H28N6O4/c1-29-9-7-27-20(23-24-25-27)14-26(13-18-4-3-8-31-18)12-16-10-15-11-17(30-2)5-6-19(15)22-21(16)28/h5-6,10-11,18H,3-4,7-9,12-14H2,1-2H3,(H,22,28)/t18-/m0/s1. The van der Waals surface area contributed by atoms with Gasteiger partial charge >= 0.3 is 0 Å². The molecule has 0 unspecified atom stereocenters. The molecule has 10 nitrogen and oxygen atoms in total. The Balaban J connectivity index is 1.59. The molecule has 0 amide bonds. The predicted octanol–water partition coefficient (Wildman–Crippen LogP) is 1.35. The van der Waals surface area contributed by atoms with Crippen molar-refractivity contribution >= 4 is 10.9 Å². The van der Waals surface area contributed by atoms with E-state index in [1.807, 2.05) is 24.3 Å². The normalized spacial score (nSPS) is 16.4. The lowest BCUT2D eigenvalue weighted by atomic mass is 10.1. The molecule has 1 saturated heterocycles. The van der Waals surface area contributed by atoms with Crippen LogP contribution in [0.5, 0.6) is 5.75 Å². The van der Waals surface area contributed by atoms with Crippen LogP contribution in [-0.2, 0) is 29.1 Å². The molecule has 3 heterocycles. The fraction of sp³-hybridized carbons (Fsp3) is 0.524. The molecule has 166 valence electrons. The summed E-state index contributed by atoms with van der Waals surface area (Å²) in [5.74, 6) is 1.48. The summed E-state index contributed by atoms with van der Waals surface area (Å²) in [6, 6.07) is 7.53. The van der Waals surface area contributed by atoms with Gasteiger partial charge in [0.2, 0.25) is 0 Å². The maximum atomic E-state index is 12.8. The second kappa shape index (κ2) is 9.99. The first-order chi connectivity index (χ1) is 15.2. The summed E-state index contributed by atoms with van der Waals surface area (Å²) in [6.07, 6.45) is 2.21. The highest BCUT2D eigenvalue weighted by molar-refractivity contribution is 5.80. The van der Waals surface area contributed by atoms with Crippen LogP contribution < -0.4 is 10.3 Å². The molecule has 1 atom stereocenters. The Morgan fingerprint density at radius 3 is 2.97 bits per heavy atom. The average molecular weight is 428 g/mol. The first-order valence-electron chi connectivity index (χ1n) is 10.4. The Labute approximate surface area is 180 Å². The van der Waals surface area contributed by atoms with Crippen LogP contribution in [0, 0.1) is 0 Å². The molecular weight excluding hydrogens is 400 g/mol. The van der Waals surface area contributed by atoms with Crippen molar-refractivity contribution in [3.8, 4) is 5.75 Å². The molecule has 3 aromatic rings. The Bertz CT molecular complexity index is 1060. The van der Waals surface area contributed by atoms with Crippen LogP contribution in [0.4, 0.5) is 0 Å². The molecule has 1 N–H and O–H groups in total. The van der Waals surface area contributed by atoms with E-state index in [1.165, 1.54) is 0 Å². The molecule has 2 aromatic heterocycles. The molecule has 0 saturated carbocycles. The summed E-state index contributed by atoms with van der Waals surface area (Å²) in [5, 5.41) is 13.0. The number of benzene rings is 1. The molecule has 0 spiro atoms. The van der Waals surface area contributed by atoms with Crippen molar-refractivity contribution in [1.82, 2.24) is 30.1 Å². The summed E-state index contributed by atoms with van der Waals surface area (Å²) in [5.41, 5.74) is 1.35. The lowest BCUT2D eigenvalue weighted by Gasteiger charge is -2.24. The Morgan fingerprint density at radius 2 is 2.19 bits per heavy atom. The lowest BCUT2D eigenvalue weighted by molar-refractivity contribution is 0.0660. The van der Waals surface area contributed by atoms with E-state index in [-0.39, 0.29) is 11.7 Å². The first kappa shape index (κ1) is 21.4. The fourth-order valence-electron chi connectivity index (χ4n) is 3.86. The van der Waals surface area contributed by atoms with Gasteiger partial charge in [0.25, 0.3) is 5.56 Å². The van der Waals surface area contributed by atoms with Gasteiger partial charge in [-0.2, -0.15) is 0 Å². The van der Waals surface area contributed by atoms with E-state index >= 15 is 0 Å². The molecule has 4 rings (SSSR count). The SMILES string of the molecule is COCCn1nnnc1CN(Cc1cc2cc(OC)ccc2[nH]c1=O)C[C@@H]1CCCO1. The first-order valence-corrected chi connectivity index (χ1v) is 10.4. The van der Waals surface area contributed by atoms with Crippen LogP contribution in [0.2, 0.25) is 0 Å². The van der Waals surface area contributed by atoms with E-state index in [4.69, 9.17) is 14.2 Å². The number of hydrogen-bond donors (Lipinski definition) is 1. The van der Waals surface area contributed by atoms with Crippen LogP contribution >= 0.6 is 0 Å². The number of ether oxygens (including phenoxy) is 3. The second-order valence-corrected chi connectivity index (χ2v) is 7.69. The highest BCUT2D eigenvalue weighted by atomic mass is 16.5. The quantitative estimate of drug-likeness (QED) is 0.516. The molecule has 31 heavy (non-hydrogen) atoms. The number of nitrogens with one attached hydrogen (secondary N) is 1. The number of methoxy groups -OCH3 is 2. The Kier molecular flexibility index (Phi) is 6.90. The van der Waals surface area contributed by atoms with Gasteiger partial charge < -0.3 is 19.2 Å². The molecule has 0 aliphatic carbocycles. The van der Waals surface area contributed by atoms with Gasteiger partial charge in [-0.3, -0.25) is 9.69 Å². The van der Waals surface area contributed by atoms with Crippen LogP contribution in [0.3, 0.4) is 0 Å². The minimum Gasteiger partial charge on any atom is -0.497 e. The van der Waals surface area contributed by atoms with E-state index in [2.05, 4.69) is 25.4 Å². The number of aromatic nitrogens is 5. The summed E-state index contributed by atoms with van der Waals surface area (Å²) < 4.78 is 18.1. The van der Waals surface area contributed by atoms with E-state index in [1.54, 1.807) is 18.9 Å². The number of pyridine rings is 1. The van der Waals surface area contributed by atoms with Gasteiger partial charge in [-0.1, -0.05) is 0 Å². The maximum absolute atomic E-state index is 12.8. The highest BCUT2D eigenvalue weighted by Gasteiger charge is 2.22. The Hall–Kier alpha value is -2.82. The van der Waals surface area contributed by atoms with E-state index in [0.717, 1.165) is 41.9 Å². The van der Waals surface area contributed by atoms with E-state index < -0.39 is 0 Å². The number of aromatic amines is 1. The number of fused-ring (bicyclic) bond motifs is 1. The van der Waals surface area contributed by atoms with Gasteiger partial charge in [0.15, 0.2) is 5.82 Å². The summed E-state index contributed by atoms with van der Waals surface area (Å²) in [7, 11) is 3.28. The van der Waals surface area contributed by atoms with Gasteiger partial charge in [-0.25, -0.2) is 4.68 Å². The van der Waals surface area contributed by atoms with Crippen LogP contribution in [0.1, 0.15) is 24.2 Å². The van der Waals surface area contributed by atoms with E-state index in [9.17, 15) is 4.79 Å². The van der Waals surface area contributed by atoms with Crippen molar-refractivity contribution in [3.05, 3.63) is 46.0 Å². The highest BCUT2D eigenvalue weighted by Crippen LogP contribution is 2.20. The van der Waals surface area contributed by atoms with Gasteiger partial charge in [0.1, 0.15) is 5.75 Å². The largest absolute Gasteiger partial charge is 0.497 e. The third-order valence-corrected chi connectivity index (χ3v) is 5.49. The van der Waals surface area contributed by atoms with Crippen molar-refractivity contribution in [2.75, 3.05) is 34.0 Å². The molecule has 1 aliphatic heterocycles. The number of nitrogens with zero attached hydrogens (tertiary/aromatic N) is 5. The predicted molar refractivity (Wildman–Crippen MR) is 114 cm³/mol. The third kappa shape index (κ3) is 5.27. The molecule has 10 heteroatoms. The summed E-state index contributed by atoms with van der Waals surface area (Å²) >= 11 is 0. The molecule has 1 aliphatic rings. The monoisotopic (exact) mass is 428 g/mol. The van der Waals surface area contributed by atoms with Gasteiger partial charge in [-0.15, -0.1) is 5.10 Å². The zero-order valence-corrected chi connectivity index (χ0v) is 17.9. The number of tetrazole rings is 1. The number of hydrogen-bond acceptors (Lipinski definition) is 8. The van der Waals surface area contributed by atoms with Crippen LogP contribution in [0.25, 0.3) is 10.9 Å². The zero-order valence-electron chi connectivity index (χ0n) is 17.9. The second-order valence-electron chi connectivity index (χ2n) is 7.69. The van der Waals surface area contributed by atoms with Crippen molar-refractivity contribution in [2.45, 2.75) is 38.6 Å². The van der Waals surface area contributed by atoms with Gasteiger partial charge in [0.05, 0.1) is 32.9 Å². The van der Waals surface area contributed by atoms with Crippen molar-refractivity contribution in [2.24, 2.45) is 0 Å². The van der Waals surface area contributed by atoms with E-state index in [0.29, 0.717) is 38.3 Å². The number of rotatable bonds is 10. The molecule has 1 fully saturated rings. The smallest absolute Gasteiger partial charge is 0.252 e. The topological polar surface area (TPSA) is 107 Å². The fourth-order valence-corrected chi connectivity index (χ4v) is 3.86. The Morgan fingerprint density at radius 1 is 1.29 bits per heavy atom. The number of H-pyrrole nitrogens is 1. The minimum absolute atomic E-state index is 0.103. The molecular formula is C21H28N6O4. The van der Waals surface area contributed by atoms with Crippen LogP contribution in [-0.4, -0.2) is 70.2 Å². The van der Waals surface area contributed by atoms with Gasteiger partial charge in [0, 0.05) is 43.3 Å². The van der Waals surface area contributed by atoms with Crippen LogP contribution in [0.15, 0.2) is 29.1 Å². The average Bonchev–Trinajstić information content (AvgIpc) is 3.44. The maximum Gasteiger partial charge on any atom is 0.252 e. The minimum atomic E-state index is -0.103. The summed E-state index contributed by atoms with van der Waals surface area (Å²) in [6.45, 7) is 3.54. The van der Waals surface area contributed by atoms with Gasteiger partial charge in [-0.05, 0) is 47.5 Å². The molecule has 0 radical (unpaired) electrons.